The van der Waals surface area contributed by atoms with E-state index in [2.05, 4.69) is 15.6 Å². The summed E-state index contributed by atoms with van der Waals surface area (Å²) in [6, 6.07) is 16.2. The van der Waals surface area contributed by atoms with Crippen LogP contribution in [0.3, 0.4) is 0 Å². The average Bonchev–Trinajstić information content (AvgIpc) is 2.92. The molecule has 0 saturated carbocycles. The van der Waals surface area contributed by atoms with Gasteiger partial charge in [0, 0.05) is 10.7 Å². The van der Waals surface area contributed by atoms with Crippen molar-refractivity contribution in [3.05, 3.63) is 86.8 Å². The lowest BCUT2D eigenvalue weighted by atomic mass is 10.1. The van der Waals surface area contributed by atoms with Gasteiger partial charge in [-0.15, -0.1) is 0 Å². The van der Waals surface area contributed by atoms with Crippen molar-refractivity contribution in [1.29, 1.82) is 0 Å². The Bertz CT molecular complexity index is 989. The molecule has 2 N–H and O–H groups in total. The summed E-state index contributed by atoms with van der Waals surface area (Å²) in [5, 5.41) is 7.52. The third-order valence-electron chi connectivity index (χ3n) is 3.79. The summed E-state index contributed by atoms with van der Waals surface area (Å²) >= 11 is 5.82. The second kappa shape index (κ2) is 7.84. The van der Waals surface area contributed by atoms with E-state index in [1.165, 1.54) is 10.9 Å². The van der Waals surface area contributed by atoms with Gasteiger partial charge in [-0.1, -0.05) is 41.9 Å². The molecule has 6 nitrogen and oxygen atoms in total. The molecule has 0 aliphatic rings. The third kappa shape index (κ3) is 4.10. The third-order valence-corrected chi connectivity index (χ3v) is 4.04. The SMILES string of the molecule is Cc1[nH]n(-c2ccccc2)c(=O)c1C=NNC(=O)Cc1ccc(Cl)cc1. The standard InChI is InChI=1S/C19H17ClN4O2/c1-13-17(19(26)24(23-13)16-5-3-2-4-6-16)12-21-22-18(25)11-14-7-9-15(20)10-8-14/h2-10,12,23H,11H2,1H3,(H,22,25). The van der Waals surface area contributed by atoms with Crippen molar-refractivity contribution in [2.75, 3.05) is 0 Å². The summed E-state index contributed by atoms with van der Waals surface area (Å²) in [6.07, 6.45) is 1.53. The molecule has 0 spiro atoms. The molecule has 0 fully saturated rings. The van der Waals surface area contributed by atoms with Gasteiger partial charge in [-0.05, 0) is 36.8 Å². The van der Waals surface area contributed by atoms with Gasteiger partial charge in [-0.2, -0.15) is 5.10 Å². The molecule has 0 saturated heterocycles. The number of aromatic nitrogens is 2. The predicted octanol–water partition coefficient (Wildman–Crippen LogP) is 2.82. The Hall–Kier alpha value is -3.12. The number of halogens is 1. The van der Waals surface area contributed by atoms with E-state index >= 15 is 0 Å². The molecule has 1 heterocycles. The van der Waals surface area contributed by atoms with Crippen LogP contribution >= 0.6 is 11.6 Å². The van der Waals surface area contributed by atoms with E-state index < -0.39 is 0 Å². The van der Waals surface area contributed by atoms with Gasteiger partial charge < -0.3 is 0 Å². The maximum absolute atomic E-state index is 12.5. The van der Waals surface area contributed by atoms with Crippen LogP contribution in [0, 0.1) is 6.92 Å². The number of hydrogen-bond donors (Lipinski definition) is 2. The first-order valence-corrected chi connectivity index (χ1v) is 8.36. The average molecular weight is 369 g/mol. The number of hydrazone groups is 1. The van der Waals surface area contributed by atoms with Crippen LogP contribution in [0.4, 0.5) is 0 Å². The maximum Gasteiger partial charge on any atom is 0.280 e. The van der Waals surface area contributed by atoms with Crippen LogP contribution < -0.4 is 11.0 Å². The van der Waals surface area contributed by atoms with Gasteiger partial charge in [0.25, 0.3) is 5.56 Å². The number of hydrogen-bond acceptors (Lipinski definition) is 3. The van der Waals surface area contributed by atoms with Crippen LogP contribution in [0.1, 0.15) is 16.8 Å². The Labute approximate surface area is 155 Å². The first-order valence-electron chi connectivity index (χ1n) is 7.98. The Morgan fingerprint density at radius 1 is 1.19 bits per heavy atom. The number of aryl methyl sites for hydroxylation is 1. The topological polar surface area (TPSA) is 79.2 Å². The number of carbonyl (C=O) groups excluding carboxylic acids is 1. The fraction of sp³-hybridized carbons (Fsp3) is 0.105. The molecule has 26 heavy (non-hydrogen) atoms. The largest absolute Gasteiger partial charge is 0.295 e. The van der Waals surface area contributed by atoms with E-state index in [1.54, 1.807) is 31.2 Å². The molecule has 0 bridgehead atoms. The Morgan fingerprint density at radius 2 is 1.88 bits per heavy atom. The molecule has 2 aromatic carbocycles. The van der Waals surface area contributed by atoms with Crippen molar-refractivity contribution < 1.29 is 4.79 Å². The molecule has 1 aromatic heterocycles. The van der Waals surface area contributed by atoms with Crippen LogP contribution in [-0.4, -0.2) is 21.9 Å². The normalized spacial score (nSPS) is 11.0. The summed E-state index contributed by atoms with van der Waals surface area (Å²) in [4.78, 5) is 24.4. The van der Waals surface area contributed by atoms with E-state index in [4.69, 9.17) is 11.6 Å². The van der Waals surface area contributed by atoms with Gasteiger partial charge in [-0.3, -0.25) is 14.7 Å². The van der Waals surface area contributed by atoms with Crippen LogP contribution in [0.15, 0.2) is 64.5 Å². The number of benzene rings is 2. The molecule has 1 amide bonds. The van der Waals surface area contributed by atoms with Crippen LogP contribution in [0.2, 0.25) is 5.02 Å². The smallest absolute Gasteiger partial charge is 0.280 e. The number of aromatic amines is 1. The van der Waals surface area contributed by atoms with E-state index in [1.807, 2.05) is 30.3 Å². The highest BCUT2D eigenvalue weighted by Crippen LogP contribution is 2.10. The lowest BCUT2D eigenvalue weighted by molar-refractivity contribution is -0.120. The molecule has 0 aliphatic heterocycles. The zero-order valence-electron chi connectivity index (χ0n) is 14.1. The summed E-state index contributed by atoms with van der Waals surface area (Å²) in [6.45, 7) is 1.78. The molecule has 132 valence electrons. The van der Waals surface area contributed by atoms with Crippen molar-refractivity contribution in [2.24, 2.45) is 5.10 Å². The summed E-state index contributed by atoms with van der Waals surface area (Å²) in [7, 11) is 0. The monoisotopic (exact) mass is 368 g/mol. The first-order chi connectivity index (χ1) is 12.5. The van der Waals surface area contributed by atoms with Gasteiger partial charge in [0.1, 0.15) is 0 Å². The number of H-pyrrole nitrogens is 1. The number of nitrogens with zero attached hydrogens (tertiary/aromatic N) is 2. The molecular weight excluding hydrogens is 352 g/mol. The molecular formula is C19H17ClN4O2. The maximum atomic E-state index is 12.5. The predicted molar refractivity (Wildman–Crippen MR) is 102 cm³/mol. The molecule has 7 heteroatoms. The molecule has 0 atom stereocenters. The molecule has 3 aromatic rings. The second-order valence-corrected chi connectivity index (χ2v) is 6.16. The quantitative estimate of drug-likeness (QED) is 0.536. The summed E-state index contributed by atoms with van der Waals surface area (Å²) in [5.41, 5.74) is 4.81. The lowest BCUT2D eigenvalue weighted by Gasteiger charge is -2.00. The Balaban J connectivity index is 1.69. The Kier molecular flexibility index (Phi) is 5.34. The number of rotatable bonds is 5. The highest BCUT2D eigenvalue weighted by atomic mass is 35.5. The van der Waals surface area contributed by atoms with Gasteiger partial charge in [0.2, 0.25) is 5.91 Å². The number of amides is 1. The fourth-order valence-corrected chi connectivity index (χ4v) is 2.59. The Morgan fingerprint density at radius 3 is 2.58 bits per heavy atom. The minimum Gasteiger partial charge on any atom is -0.295 e. The second-order valence-electron chi connectivity index (χ2n) is 5.72. The van der Waals surface area contributed by atoms with E-state index in [0.717, 1.165) is 11.3 Å². The van der Waals surface area contributed by atoms with E-state index in [-0.39, 0.29) is 17.9 Å². The van der Waals surface area contributed by atoms with Crippen LogP contribution in [-0.2, 0) is 11.2 Å². The lowest BCUT2D eigenvalue weighted by Crippen LogP contribution is -2.21. The van der Waals surface area contributed by atoms with Crippen molar-refractivity contribution in [3.63, 3.8) is 0 Å². The summed E-state index contributed by atoms with van der Waals surface area (Å²) in [5.74, 6) is -0.278. The minimum atomic E-state index is -0.278. The molecule has 0 unspecified atom stereocenters. The van der Waals surface area contributed by atoms with Crippen molar-refractivity contribution >= 4 is 23.7 Å². The first kappa shape index (κ1) is 17.7. The highest BCUT2D eigenvalue weighted by Gasteiger charge is 2.10. The number of carbonyl (C=O) groups is 1. The number of para-hydroxylation sites is 1. The number of nitrogens with one attached hydrogen (secondary N) is 2. The molecule has 3 rings (SSSR count). The summed E-state index contributed by atoms with van der Waals surface area (Å²) < 4.78 is 1.44. The van der Waals surface area contributed by atoms with Gasteiger partial charge >= 0.3 is 0 Å². The minimum absolute atomic E-state index is 0.175. The van der Waals surface area contributed by atoms with Crippen molar-refractivity contribution in [3.8, 4) is 5.69 Å². The van der Waals surface area contributed by atoms with E-state index in [9.17, 15) is 9.59 Å². The zero-order valence-corrected chi connectivity index (χ0v) is 14.8. The molecule has 0 radical (unpaired) electrons. The molecule has 0 aliphatic carbocycles. The zero-order chi connectivity index (χ0) is 18.5. The van der Waals surface area contributed by atoms with Crippen LogP contribution in [0.25, 0.3) is 5.69 Å². The van der Waals surface area contributed by atoms with Crippen LogP contribution in [0.5, 0.6) is 0 Å². The van der Waals surface area contributed by atoms with E-state index in [0.29, 0.717) is 16.3 Å². The van der Waals surface area contributed by atoms with Gasteiger partial charge in [-0.25, -0.2) is 10.1 Å². The van der Waals surface area contributed by atoms with Gasteiger partial charge in [0.05, 0.1) is 23.9 Å². The van der Waals surface area contributed by atoms with Crippen molar-refractivity contribution in [1.82, 2.24) is 15.2 Å². The fourth-order valence-electron chi connectivity index (χ4n) is 2.47. The van der Waals surface area contributed by atoms with Crippen molar-refractivity contribution in [2.45, 2.75) is 13.3 Å². The van der Waals surface area contributed by atoms with Gasteiger partial charge in [0.15, 0.2) is 0 Å². The highest BCUT2D eigenvalue weighted by molar-refractivity contribution is 6.30.